The number of thiophene rings is 1. The summed E-state index contributed by atoms with van der Waals surface area (Å²) >= 11 is 1.38. The van der Waals surface area contributed by atoms with E-state index in [9.17, 15) is 9.59 Å². The fourth-order valence-corrected chi connectivity index (χ4v) is 4.01. The molecule has 0 unspecified atom stereocenters. The van der Waals surface area contributed by atoms with Crippen molar-refractivity contribution < 1.29 is 9.59 Å². The van der Waals surface area contributed by atoms with Crippen LogP contribution in [0.5, 0.6) is 0 Å². The van der Waals surface area contributed by atoms with E-state index in [0.717, 1.165) is 18.7 Å². The topological polar surface area (TPSA) is 80.1 Å². The predicted octanol–water partition coefficient (Wildman–Crippen LogP) is 2.04. The number of rotatable bonds is 5. The van der Waals surface area contributed by atoms with Gasteiger partial charge in [-0.3, -0.25) is 9.59 Å². The summed E-state index contributed by atoms with van der Waals surface area (Å²) in [5.74, 6) is 0.902. The van der Waals surface area contributed by atoms with Gasteiger partial charge in [0, 0.05) is 26.1 Å². The van der Waals surface area contributed by atoms with Gasteiger partial charge >= 0.3 is 0 Å². The second-order valence-electron chi connectivity index (χ2n) is 7.10. The number of carbonyl (C=O) groups is 2. The van der Waals surface area contributed by atoms with Crippen LogP contribution in [0.3, 0.4) is 0 Å². The molecular formula is C18H25N5O2S. The SMILES string of the molecule is CC(C)[C@H](NC(=O)c1cccs1)C(=O)N1CCC[C@H](c2nncn2C)C1. The second kappa shape index (κ2) is 7.99. The fourth-order valence-electron chi connectivity index (χ4n) is 3.38. The Morgan fingerprint density at radius 1 is 1.38 bits per heavy atom. The number of hydrogen-bond acceptors (Lipinski definition) is 5. The van der Waals surface area contributed by atoms with Crippen molar-refractivity contribution in [3.8, 4) is 0 Å². The first-order valence-electron chi connectivity index (χ1n) is 8.94. The van der Waals surface area contributed by atoms with Gasteiger partial charge < -0.3 is 14.8 Å². The number of carbonyl (C=O) groups excluding carboxylic acids is 2. The van der Waals surface area contributed by atoms with E-state index in [1.54, 1.807) is 12.4 Å². The molecule has 0 aliphatic carbocycles. The molecule has 2 atom stereocenters. The minimum Gasteiger partial charge on any atom is -0.340 e. The quantitative estimate of drug-likeness (QED) is 0.867. The van der Waals surface area contributed by atoms with E-state index in [2.05, 4.69) is 15.5 Å². The van der Waals surface area contributed by atoms with Crippen molar-refractivity contribution in [3.05, 3.63) is 34.5 Å². The van der Waals surface area contributed by atoms with Crippen LogP contribution in [0.2, 0.25) is 0 Å². The molecule has 1 N–H and O–H groups in total. The minimum atomic E-state index is -0.525. The number of aryl methyl sites for hydroxylation is 1. The Labute approximate surface area is 157 Å². The average molecular weight is 375 g/mol. The number of nitrogens with one attached hydrogen (secondary N) is 1. The zero-order chi connectivity index (χ0) is 18.7. The van der Waals surface area contributed by atoms with Crippen LogP contribution >= 0.6 is 11.3 Å². The average Bonchev–Trinajstić information content (AvgIpc) is 3.30. The third kappa shape index (κ3) is 3.95. The van der Waals surface area contributed by atoms with Crippen molar-refractivity contribution in [3.63, 3.8) is 0 Å². The van der Waals surface area contributed by atoms with Gasteiger partial charge in [0.05, 0.1) is 4.88 Å². The van der Waals surface area contributed by atoms with E-state index >= 15 is 0 Å². The van der Waals surface area contributed by atoms with E-state index in [4.69, 9.17) is 0 Å². The summed E-state index contributed by atoms with van der Waals surface area (Å²) in [5, 5.41) is 12.9. The first-order chi connectivity index (χ1) is 12.5. The van der Waals surface area contributed by atoms with Crippen LogP contribution in [-0.2, 0) is 11.8 Å². The lowest BCUT2D eigenvalue weighted by molar-refractivity contribution is -0.135. The van der Waals surface area contributed by atoms with Crippen LogP contribution in [-0.4, -0.2) is 50.6 Å². The van der Waals surface area contributed by atoms with Gasteiger partial charge in [0.1, 0.15) is 18.2 Å². The molecule has 2 amide bonds. The molecule has 8 heteroatoms. The van der Waals surface area contributed by atoms with Crippen LogP contribution < -0.4 is 5.32 Å². The van der Waals surface area contributed by atoms with E-state index in [0.29, 0.717) is 18.0 Å². The summed E-state index contributed by atoms with van der Waals surface area (Å²) in [6, 6.07) is 3.08. The zero-order valence-corrected chi connectivity index (χ0v) is 16.2. The van der Waals surface area contributed by atoms with Gasteiger partial charge in [-0.1, -0.05) is 19.9 Å². The zero-order valence-electron chi connectivity index (χ0n) is 15.4. The van der Waals surface area contributed by atoms with Crippen molar-refractivity contribution >= 4 is 23.2 Å². The van der Waals surface area contributed by atoms with Crippen molar-refractivity contribution in [1.29, 1.82) is 0 Å². The van der Waals surface area contributed by atoms with E-state index in [1.165, 1.54) is 11.3 Å². The third-order valence-electron chi connectivity index (χ3n) is 4.81. The first-order valence-corrected chi connectivity index (χ1v) is 9.82. The number of hydrogen-bond donors (Lipinski definition) is 1. The lowest BCUT2D eigenvalue weighted by Gasteiger charge is -2.35. The summed E-state index contributed by atoms with van der Waals surface area (Å²) in [7, 11) is 1.92. The van der Waals surface area contributed by atoms with Crippen LogP contribution in [0.25, 0.3) is 0 Å². The maximum Gasteiger partial charge on any atom is 0.262 e. The lowest BCUT2D eigenvalue weighted by Crippen LogP contribution is -2.53. The highest BCUT2D eigenvalue weighted by atomic mass is 32.1. The molecule has 7 nitrogen and oxygen atoms in total. The third-order valence-corrected chi connectivity index (χ3v) is 5.68. The van der Waals surface area contributed by atoms with Gasteiger partial charge in [0.15, 0.2) is 0 Å². The number of piperidine rings is 1. The van der Waals surface area contributed by atoms with Gasteiger partial charge in [-0.25, -0.2) is 0 Å². The van der Waals surface area contributed by atoms with Gasteiger partial charge in [-0.15, -0.1) is 21.5 Å². The Morgan fingerprint density at radius 3 is 2.81 bits per heavy atom. The van der Waals surface area contributed by atoms with Crippen LogP contribution in [0.15, 0.2) is 23.8 Å². The Hall–Kier alpha value is -2.22. The summed E-state index contributed by atoms with van der Waals surface area (Å²) in [6.07, 6.45) is 3.60. The van der Waals surface area contributed by atoms with Crippen LogP contribution in [0, 0.1) is 5.92 Å². The van der Waals surface area contributed by atoms with Crippen molar-refractivity contribution in [2.75, 3.05) is 13.1 Å². The highest BCUT2D eigenvalue weighted by molar-refractivity contribution is 7.12. The molecule has 3 rings (SSSR count). The Morgan fingerprint density at radius 2 is 2.19 bits per heavy atom. The highest BCUT2D eigenvalue weighted by Crippen LogP contribution is 2.26. The van der Waals surface area contributed by atoms with E-state index in [1.807, 2.05) is 41.8 Å². The summed E-state index contributed by atoms with van der Waals surface area (Å²) in [5.41, 5.74) is 0. The normalized spacial score (nSPS) is 18.8. The number of aromatic nitrogens is 3. The highest BCUT2D eigenvalue weighted by Gasteiger charge is 2.33. The van der Waals surface area contributed by atoms with E-state index < -0.39 is 6.04 Å². The number of amides is 2. The molecule has 0 spiro atoms. The maximum atomic E-state index is 13.1. The van der Waals surface area contributed by atoms with E-state index in [-0.39, 0.29) is 23.7 Å². The molecule has 1 fully saturated rings. The summed E-state index contributed by atoms with van der Waals surface area (Å²) in [4.78, 5) is 28.0. The number of likely N-dealkylation sites (tertiary alicyclic amines) is 1. The molecule has 26 heavy (non-hydrogen) atoms. The first kappa shape index (κ1) is 18.6. The molecule has 0 radical (unpaired) electrons. The fraction of sp³-hybridized carbons (Fsp3) is 0.556. The molecule has 2 aromatic rings. The molecule has 0 saturated carbocycles. The summed E-state index contributed by atoms with van der Waals surface area (Å²) in [6.45, 7) is 5.25. The maximum absolute atomic E-state index is 13.1. The van der Waals surface area contributed by atoms with Gasteiger partial charge in [0.2, 0.25) is 5.91 Å². The standard InChI is InChI=1S/C18H25N5O2S/c1-12(2)15(20-17(24)14-7-5-9-26-14)18(25)23-8-4-6-13(10-23)16-21-19-11-22(16)3/h5,7,9,11-13,15H,4,6,8,10H2,1-3H3,(H,20,24)/t13-,15-/m0/s1. The van der Waals surface area contributed by atoms with Crippen LogP contribution in [0.1, 0.15) is 48.1 Å². The molecule has 140 valence electrons. The minimum absolute atomic E-state index is 0.0154. The molecule has 2 aromatic heterocycles. The van der Waals surface area contributed by atoms with Gasteiger partial charge in [0.25, 0.3) is 5.91 Å². The Balaban J connectivity index is 1.70. The van der Waals surface area contributed by atoms with Crippen molar-refractivity contribution in [1.82, 2.24) is 25.0 Å². The molecule has 1 saturated heterocycles. The lowest BCUT2D eigenvalue weighted by atomic mass is 9.95. The Bertz CT molecular complexity index is 755. The molecular weight excluding hydrogens is 350 g/mol. The smallest absolute Gasteiger partial charge is 0.262 e. The number of nitrogens with zero attached hydrogens (tertiary/aromatic N) is 4. The molecule has 1 aliphatic rings. The predicted molar refractivity (Wildman–Crippen MR) is 100.0 cm³/mol. The van der Waals surface area contributed by atoms with Crippen LogP contribution in [0.4, 0.5) is 0 Å². The van der Waals surface area contributed by atoms with Gasteiger partial charge in [-0.2, -0.15) is 0 Å². The monoisotopic (exact) mass is 375 g/mol. The van der Waals surface area contributed by atoms with Crippen molar-refractivity contribution in [2.24, 2.45) is 13.0 Å². The second-order valence-corrected chi connectivity index (χ2v) is 8.04. The molecule has 3 heterocycles. The molecule has 1 aliphatic heterocycles. The molecule has 0 aromatic carbocycles. The van der Waals surface area contributed by atoms with Gasteiger partial charge in [-0.05, 0) is 30.2 Å². The Kier molecular flexibility index (Phi) is 5.70. The largest absolute Gasteiger partial charge is 0.340 e. The summed E-state index contributed by atoms with van der Waals surface area (Å²) < 4.78 is 1.91. The molecule has 0 bridgehead atoms. The van der Waals surface area contributed by atoms with Crippen molar-refractivity contribution in [2.45, 2.75) is 38.6 Å².